The minimum absolute atomic E-state index is 0.343. The Hall–Kier alpha value is -1.89. The van der Waals surface area contributed by atoms with E-state index in [2.05, 4.69) is 81.4 Å². The summed E-state index contributed by atoms with van der Waals surface area (Å²) in [5.74, 6) is 0.719. The maximum atomic E-state index is 5.02. The van der Waals surface area contributed by atoms with E-state index in [-0.39, 0.29) is 0 Å². The molecule has 0 aliphatic rings. The third-order valence-electron chi connectivity index (χ3n) is 3.88. The van der Waals surface area contributed by atoms with Crippen molar-refractivity contribution in [3.63, 3.8) is 0 Å². The molecule has 0 amide bonds. The van der Waals surface area contributed by atoms with Crippen molar-refractivity contribution < 1.29 is 0 Å². The van der Waals surface area contributed by atoms with Crippen molar-refractivity contribution in [3.8, 4) is 0 Å². The first-order chi connectivity index (χ1) is 10.2. The predicted octanol–water partition coefficient (Wildman–Crippen LogP) is 5.35. The fraction of sp³-hybridized carbons (Fsp3) is 0.350. The first-order valence-electron chi connectivity index (χ1n) is 7.89. The van der Waals surface area contributed by atoms with Gasteiger partial charge in [0.15, 0.2) is 0 Å². The van der Waals surface area contributed by atoms with E-state index < -0.39 is 0 Å². The number of benzene rings is 2. The lowest BCUT2D eigenvalue weighted by Gasteiger charge is -2.15. The van der Waals surface area contributed by atoms with Gasteiger partial charge >= 0.3 is 0 Å². The van der Waals surface area contributed by atoms with Gasteiger partial charge in [-0.15, -0.1) is 0 Å². The summed E-state index contributed by atoms with van der Waals surface area (Å²) in [5.41, 5.74) is 3.49. The van der Waals surface area contributed by atoms with Crippen molar-refractivity contribution in [1.29, 1.82) is 0 Å². The highest BCUT2D eigenvalue weighted by atomic mass is 14.8. The minimum atomic E-state index is 0.343. The third kappa shape index (κ3) is 4.56. The lowest BCUT2D eigenvalue weighted by atomic mass is 9.98. The number of hydrogen-bond donors (Lipinski definition) is 0. The van der Waals surface area contributed by atoms with Crippen LogP contribution in [-0.4, -0.2) is 11.8 Å². The maximum Gasteiger partial charge on any atom is 0.0722 e. The Labute approximate surface area is 128 Å². The zero-order chi connectivity index (χ0) is 15.1. The lowest BCUT2D eigenvalue weighted by molar-refractivity contribution is 0.471. The summed E-state index contributed by atoms with van der Waals surface area (Å²) < 4.78 is 0. The van der Waals surface area contributed by atoms with Crippen LogP contribution in [0.2, 0.25) is 0 Å². The second kappa shape index (κ2) is 7.78. The van der Waals surface area contributed by atoms with Crippen LogP contribution < -0.4 is 0 Å². The van der Waals surface area contributed by atoms with Gasteiger partial charge in [0.05, 0.1) is 5.71 Å². The molecule has 0 bridgehead atoms. The molecule has 2 aromatic carbocycles. The summed E-state index contributed by atoms with van der Waals surface area (Å²) in [4.78, 5) is 5.02. The number of hydrogen-bond acceptors (Lipinski definition) is 1. The SMILES string of the molecule is CCC(C)C[C@H](C)N=C(c1ccccc1)c1ccccc1. The zero-order valence-electron chi connectivity index (χ0n) is 13.3. The highest BCUT2D eigenvalue weighted by Crippen LogP contribution is 2.16. The molecule has 0 saturated carbocycles. The van der Waals surface area contributed by atoms with Gasteiger partial charge in [0.2, 0.25) is 0 Å². The van der Waals surface area contributed by atoms with E-state index in [0.29, 0.717) is 6.04 Å². The third-order valence-corrected chi connectivity index (χ3v) is 3.88. The first-order valence-corrected chi connectivity index (χ1v) is 7.89. The molecule has 0 aliphatic heterocycles. The summed E-state index contributed by atoms with van der Waals surface area (Å²) >= 11 is 0. The standard InChI is InChI=1S/C20H25N/c1-4-16(2)15-17(3)21-20(18-11-7-5-8-12-18)19-13-9-6-10-14-19/h5-14,16-17H,4,15H2,1-3H3/t16?,17-/m0/s1. The second-order valence-corrected chi connectivity index (χ2v) is 5.81. The quantitative estimate of drug-likeness (QED) is 0.632. The van der Waals surface area contributed by atoms with Crippen molar-refractivity contribution in [2.45, 2.75) is 39.7 Å². The Kier molecular flexibility index (Phi) is 5.74. The molecule has 1 unspecified atom stereocenters. The van der Waals surface area contributed by atoms with Crippen LogP contribution in [0, 0.1) is 5.92 Å². The van der Waals surface area contributed by atoms with Gasteiger partial charge in [-0.05, 0) is 19.3 Å². The summed E-state index contributed by atoms with van der Waals surface area (Å²) in [5, 5.41) is 0. The van der Waals surface area contributed by atoms with Gasteiger partial charge < -0.3 is 0 Å². The van der Waals surface area contributed by atoms with Crippen molar-refractivity contribution in [2.75, 3.05) is 0 Å². The Morgan fingerprint density at radius 2 is 1.33 bits per heavy atom. The van der Waals surface area contributed by atoms with E-state index in [1.165, 1.54) is 17.5 Å². The van der Waals surface area contributed by atoms with Crippen molar-refractivity contribution in [1.82, 2.24) is 0 Å². The molecule has 0 N–H and O–H groups in total. The van der Waals surface area contributed by atoms with E-state index in [9.17, 15) is 0 Å². The molecule has 0 spiro atoms. The van der Waals surface area contributed by atoms with E-state index in [1.54, 1.807) is 0 Å². The molecule has 21 heavy (non-hydrogen) atoms. The fourth-order valence-corrected chi connectivity index (χ4v) is 2.53. The van der Waals surface area contributed by atoms with E-state index in [4.69, 9.17) is 4.99 Å². The normalized spacial score (nSPS) is 13.5. The average molecular weight is 279 g/mol. The molecule has 2 atom stereocenters. The van der Waals surface area contributed by atoms with E-state index in [0.717, 1.165) is 18.1 Å². The van der Waals surface area contributed by atoms with Gasteiger partial charge in [0.1, 0.15) is 0 Å². The van der Waals surface area contributed by atoms with Crippen molar-refractivity contribution in [3.05, 3.63) is 71.8 Å². The van der Waals surface area contributed by atoms with Crippen LogP contribution >= 0.6 is 0 Å². The van der Waals surface area contributed by atoms with Crippen LogP contribution in [0.3, 0.4) is 0 Å². The molecule has 2 aromatic rings. The van der Waals surface area contributed by atoms with Crippen LogP contribution in [0.25, 0.3) is 0 Å². The molecule has 0 heterocycles. The van der Waals surface area contributed by atoms with Gasteiger partial charge in [-0.25, -0.2) is 0 Å². The Morgan fingerprint density at radius 3 is 1.76 bits per heavy atom. The number of rotatable bonds is 6. The molecule has 0 aromatic heterocycles. The van der Waals surface area contributed by atoms with Crippen LogP contribution in [0.5, 0.6) is 0 Å². The Bertz CT molecular complexity index is 515. The molecule has 0 fully saturated rings. The Morgan fingerprint density at radius 1 is 0.857 bits per heavy atom. The summed E-state index contributed by atoms with van der Waals surface area (Å²) in [7, 11) is 0. The summed E-state index contributed by atoms with van der Waals surface area (Å²) in [6.45, 7) is 6.77. The monoisotopic (exact) mass is 279 g/mol. The van der Waals surface area contributed by atoms with E-state index in [1.807, 2.05) is 0 Å². The first kappa shape index (κ1) is 15.5. The van der Waals surface area contributed by atoms with Gasteiger partial charge in [0.25, 0.3) is 0 Å². The zero-order valence-corrected chi connectivity index (χ0v) is 13.3. The molecule has 110 valence electrons. The van der Waals surface area contributed by atoms with Crippen LogP contribution in [-0.2, 0) is 0 Å². The molecular formula is C20H25N. The summed E-state index contributed by atoms with van der Waals surface area (Å²) in [6, 6.07) is 21.3. The average Bonchev–Trinajstić information content (AvgIpc) is 2.54. The van der Waals surface area contributed by atoms with Gasteiger partial charge in [0, 0.05) is 17.2 Å². The predicted molar refractivity (Wildman–Crippen MR) is 92.1 cm³/mol. The maximum absolute atomic E-state index is 5.02. The molecule has 0 radical (unpaired) electrons. The smallest absolute Gasteiger partial charge is 0.0722 e. The number of nitrogens with zero attached hydrogens (tertiary/aromatic N) is 1. The molecule has 1 heteroatoms. The van der Waals surface area contributed by atoms with Crippen LogP contribution in [0.1, 0.15) is 44.7 Å². The van der Waals surface area contributed by atoms with Gasteiger partial charge in [-0.3, -0.25) is 4.99 Å². The number of aliphatic imine (C=N–C) groups is 1. The van der Waals surface area contributed by atoms with E-state index >= 15 is 0 Å². The molecule has 0 saturated heterocycles. The summed E-state index contributed by atoms with van der Waals surface area (Å²) in [6.07, 6.45) is 2.35. The molecule has 1 nitrogen and oxygen atoms in total. The van der Waals surface area contributed by atoms with Gasteiger partial charge in [-0.2, -0.15) is 0 Å². The van der Waals surface area contributed by atoms with Crippen molar-refractivity contribution in [2.24, 2.45) is 10.9 Å². The minimum Gasteiger partial charge on any atom is -0.281 e. The fourth-order valence-electron chi connectivity index (χ4n) is 2.53. The molecule has 2 rings (SSSR count). The van der Waals surface area contributed by atoms with Crippen LogP contribution in [0.15, 0.2) is 65.7 Å². The van der Waals surface area contributed by atoms with Gasteiger partial charge in [-0.1, -0.05) is 80.9 Å². The Balaban J connectivity index is 2.33. The molecular weight excluding hydrogens is 254 g/mol. The topological polar surface area (TPSA) is 12.4 Å². The lowest BCUT2D eigenvalue weighted by Crippen LogP contribution is -2.11. The van der Waals surface area contributed by atoms with Crippen molar-refractivity contribution >= 4 is 5.71 Å². The largest absolute Gasteiger partial charge is 0.281 e. The van der Waals surface area contributed by atoms with Crippen LogP contribution in [0.4, 0.5) is 0 Å². The highest BCUT2D eigenvalue weighted by Gasteiger charge is 2.10. The second-order valence-electron chi connectivity index (χ2n) is 5.81. The molecule has 0 aliphatic carbocycles. The highest BCUT2D eigenvalue weighted by molar-refractivity contribution is 6.12.